The molecule has 0 radical (unpaired) electrons. The van der Waals surface area contributed by atoms with Gasteiger partial charge in [0.2, 0.25) is 0 Å². The third-order valence-electron chi connectivity index (χ3n) is 2.29. The monoisotopic (exact) mass is 172 g/mol. The lowest BCUT2D eigenvalue weighted by molar-refractivity contribution is 0.971. The maximum Gasteiger partial charge on any atom is 0.115 e. The van der Waals surface area contributed by atoms with Crippen LogP contribution in [0, 0.1) is 0 Å². The SMILES string of the molecule is CC1=CC=C(c2cncnc2)CC1. The summed E-state index contributed by atoms with van der Waals surface area (Å²) in [4.78, 5) is 8.01. The smallest absolute Gasteiger partial charge is 0.115 e. The van der Waals surface area contributed by atoms with Gasteiger partial charge < -0.3 is 0 Å². The molecule has 1 aromatic rings. The van der Waals surface area contributed by atoms with Crippen LogP contribution in [-0.4, -0.2) is 9.97 Å². The van der Waals surface area contributed by atoms with E-state index >= 15 is 0 Å². The molecule has 66 valence electrons. The number of hydrogen-bond donors (Lipinski definition) is 0. The molecule has 2 heteroatoms. The average Bonchev–Trinajstić information content (AvgIpc) is 2.20. The van der Waals surface area contributed by atoms with Gasteiger partial charge in [0, 0.05) is 18.0 Å². The maximum absolute atomic E-state index is 4.01. The summed E-state index contributed by atoms with van der Waals surface area (Å²) in [6.45, 7) is 2.16. The van der Waals surface area contributed by atoms with E-state index in [0.29, 0.717) is 0 Å². The molecule has 0 atom stereocenters. The minimum Gasteiger partial charge on any atom is -0.244 e. The van der Waals surface area contributed by atoms with Crippen molar-refractivity contribution in [2.24, 2.45) is 0 Å². The first-order chi connectivity index (χ1) is 6.36. The van der Waals surface area contributed by atoms with E-state index in [0.717, 1.165) is 18.4 Å². The van der Waals surface area contributed by atoms with Gasteiger partial charge in [0.15, 0.2) is 0 Å². The molecule has 1 aromatic heterocycles. The zero-order chi connectivity index (χ0) is 9.10. The molecule has 0 N–H and O–H groups in total. The highest BCUT2D eigenvalue weighted by Gasteiger charge is 2.05. The van der Waals surface area contributed by atoms with Gasteiger partial charge in [-0.15, -0.1) is 0 Å². The Labute approximate surface area is 78.0 Å². The Morgan fingerprint density at radius 3 is 2.46 bits per heavy atom. The van der Waals surface area contributed by atoms with Crippen molar-refractivity contribution in [3.63, 3.8) is 0 Å². The van der Waals surface area contributed by atoms with E-state index in [-0.39, 0.29) is 0 Å². The van der Waals surface area contributed by atoms with Crippen LogP contribution in [0.2, 0.25) is 0 Å². The van der Waals surface area contributed by atoms with Crippen LogP contribution in [0.1, 0.15) is 25.3 Å². The fourth-order valence-corrected chi connectivity index (χ4v) is 1.45. The predicted molar refractivity (Wildman–Crippen MR) is 53.0 cm³/mol. The number of nitrogens with zero attached hydrogens (tertiary/aromatic N) is 2. The number of allylic oxidation sites excluding steroid dienone is 4. The molecule has 0 aliphatic heterocycles. The summed E-state index contributed by atoms with van der Waals surface area (Å²) in [7, 11) is 0. The molecule has 0 bridgehead atoms. The quantitative estimate of drug-likeness (QED) is 0.650. The van der Waals surface area contributed by atoms with Crippen molar-refractivity contribution in [1.29, 1.82) is 0 Å². The van der Waals surface area contributed by atoms with Crippen LogP contribution in [0.3, 0.4) is 0 Å². The molecule has 0 spiro atoms. The van der Waals surface area contributed by atoms with Crippen LogP contribution in [-0.2, 0) is 0 Å². The molecular weight excluding hydrogens is 160 g/mol. The van der Waals surface area contributed by atoms with Crippen LogP contribution >= 0.6 is 0 Å². The lowest BCUT2D eigenvalue weighted by Gasteiger charge is -2.10. The molecule has 0 amide bonds. The second-order valence-electron chi connectivity index (χ2n) is 3.33. The minimum atomic E-state index is 1.11. The summed E-state index contributed by atoms with van der Waals surface area (Å²) in [5.74, 6) is 0. The zero-order valence-electron chi connectivity index (χ0n) is 7.70. The van der Waals surface area contributed by atoms with Gasteiger partial charge in [-0.05, 0) is 25.3 Å². The van der Waals surface area contributed by atoms with Gasteiger partial charge in [-0.1, -0.05) is 17.7 Å². The zero-order valence-corrected chi connectivity index (χ0v) is 7.70. The lowest BCUT2D eigenvalue weighted by atomic mass is 9.96. The molecule has 0 fully saturated rings. The molecule has 2 rings (SSSR count). The van der Waals surface area contributed by atoms with Crippen LogP contribution in [0.15, 0.2) is 36.4 Å². The van der Waals surface area contributed by atoms with Crippen molar-refractivity contribution in [1.82, 2.24) is 9.97 Å². The molecule has 0 saturated heterocycles. The molecule has 1 aliphatic carbocycles. The van der Waals surface area contributed by atoms with Gasteiger partial charge in [-0.2, -0.15) is 0 Å². The van der Waals surface area contributed by atoms with Crippen molar-refractivity contribution >= 4 is 5.57 Å². The Bertz CT molecular complexity index is 350. The summed E-state index contributed by atoms with van der Waals surface area (Å²) >= 11 is 0. The molecule has 1 heterocycles. The van der Waals surface area contributed by atoms with E-state index in [1.165, 1.54) is 11.1 Å². The van der Waals surface area contributed by atoms with Crippen molar-refractivity contribution in [3.8, 4) is 0 Å². The highest BCUT2D eigenvalue weighted by Crippen LogP contribution is 2.25. The largest absolute Gasteiger partial charge is 0.244 e. The van der Waals surface area contributed by atoms with Crippen molar-refractivity contribution in [3.05, 3.63) is 42.0 Å². The van der Waals surface area contributed by atoms with E-state index in [1.807, 2.05) is 12.4 Å². The first-order valence-corrected chi connectivity index (χ1v) is 4.48. The lowest BCUT2D eigenvalue weighted by Crippen LogP contribution is -1.92. The van der Waals surface area contributed by atoms with E-state index in [4.69, 9.17) is 0 Å². The van der Waals surface area contributed by atoms with Gasteiger partial charge in [0.1, 0.15) is 6.33 Å². The minimum absolute atomic E-state index is 1.11. The third-order valence-corrected chi connectivity index (χ3v) is 2.29. The Balaban J connectivity index is 2.29. The molecule has 0 unspecified atom stereocenters. The number of hydrogen-bond acceptors (Lipinski definition) is 2. The predicted octanol–water partition coefficient (Wildman–Crippen LogP) is 2.60. The second kappa shape index (κ2) is 3.52. The highest BCUT2D eigenvalue weighted by atomic mass is 14.8. The molecule has 2 nitrogen and oxygen atoms in total. The molecule has 0 aromatic carbocycles. The summed E-state index contributed by atoms with van der Waals surface area (Å²) in [6, 6.07) is 0. The third kappa shape index (κ3) is 1.83. The van der Waals surface area contributed by atoms with E-state index in [9.17, 15) is 0 Å². The van der Waals surface area contributed by atoms with Crippen molar-refractivity contribution < 1.29 is 0 Å². The number of rotatable bonds is 1. The first-order valence-electron chi connectivity index (χ1n) is 4.48. The first kappa shape index (κ1) is 8.17. The maximum atomic E-state index is 4.01. The van der Waals surface area contributed by atoms with E-state index < -0.39 is 0 Å². The van der Waals surface area contributed by atoms with Gasteiger partial charge >= 0.3 is 0 Å². The highest BCUT2D eigenvalue weighted by molar-refractivity contribution is 5.67. The summed E-state index contributed by atoms with van der Waals surface area (Å²) in [5.41, 5.74) is 3.93. The van der Waals surface area contributed by atoms with Gasteiger partial charge in [-0.3, -0.25) is 0 Å². The summed E-state index contributed by atoms with van der Waals surface area (Å²) < 4.78 is 0. The van der Waals surface area contributed by atoms with Crippen molar-refractivity contribution in [2.45, 2.75) is 19.8 Å². The second-order valence-corrected chi connectivity index (χ2v) is 3.33. The summed E-state index contributed by atoms with van der Waals surface area (Å²) in [5, 5.41) is 0. The standard InChI is InChI=1S/C11H12N2/c1-9-2-4-10(5-3-9)11-6-12-8-13-7-11/h2,4,6-8H,3,5H2,1H3. The van der Waals surface area contributed by atoms with E-state index in [2.05, 4.69) is 29.0 Å². The fraction of sp³-hybridized carbons (Fsp3) is 0.273. The Morgan fingerprint density at radius 1 is 1.08 bits per heavy atom. The Kier molecular flexibility index (Phi) is 2.21. The number of aromatic nitrogens is 2. The van der Waals surface area contributed by atoms with Gasteiger partial charge in [0.05, 0.1) is 0 Å². The van der Waals surface area contributed by atoms with Crippen molar-refractivity contribution in [2.75, 3.05) is 0 Å². The average molecular weight is 172 g/mol. The van der Waals surface area contributed by atoms with Crippen LogP contribution in [0.5, 0.6) is 0 Å². The molecular formula is C11H12N2. The Morgan fingerprint density at radius 2 is 1.85 bits per heavy atom. The topological polar surface area (TPSA) is 25.8 Å². The Hall–Kier alpha value is -1.44. The van der Waals surface area contributed by atoms with Crippen LogP contribution < -0.4 is 0 Å². The van der Waals surface area contributed by atoms with E-state index in [1.54, 1.807) is 6.33 Å². The fourth-order valence-electron chi connectivity index (χ4n) is 1.45. The molecule has 13 heavy (non-hydrogen) atoms. The molecule has 1 aliphatic rings. The van der Waals surface area contributed by atoms with Gasteiger partial charge in [0.25, 0.3) is 0 Å². The van der Waals surface area contributed by atoms with Crippen LogP contribution in [0.25, 0.3) is 5.57 Å². The molecule has 0 saturated carbocycles. The summed E-state index contributed by atoms with van der Waals surface area (Å²) in [6.07, 6.45) is 11.9. The van der Waals surface area contributed by atoms with Gasteiger partial charge in [-0.25, -0.2) is 9.97 Å². The normalized spacial score (nSPS) is 16.4. The van der Waals surface area contributed by atoms with Crippen LogP contribution in [0.4, 0.5) is 0 Å².